The predicted octanol–water partition coefficient (Wildman–Crippen LogP) is 3.12. The molecule has 2 rings (SSSR count). The van der Waals surface area contributed by atoms with Crippen molar-refractivity contribution >= 4 is 5.97 Å². The van der Waals surface area contributed by atoms with Gasteiger partial charge in [0.1, 0.15) is 11.5 Å². The van der Waals surface area contributed by atoms with Gasteiger partial charge < -0.3 is 9.84 Å². The lowest BCUT2D eigenvalue weighted by molar-refractivity contribution is -0.132. The second-order valence-electron chi connectivity index (χ2n) is 3.47. The summed E-state index contributed by atoms with van der Waals surface area (Å²) in [6, 6.07) is 16.3. The van der Waals surface area contributed by atoms with Crippen LogP contribution in [0.25, 0.3) is 0 Å². The highest BCUT2D eigenvalue weighted by Gasteiger charge is 2.03. The van der Waals surface area contributed by atoms with Crippen molar-refractivity contribution in [3.63, 3.8) is 0 Å². The number of carboxylic acids is 1. The van der Waals surface area contributed by atoms with Gasteiger partial charge in [-0.1, -0.05) is 30.3 Å². The Kier molecular flexibility index (Phi) is 3.40. The molecule has 2 aromatic carbocycles. The van der Waals surface area contributed by atoms with Crippen LogP contribution in [0.2, 0.25) is 0 Å². The van der Waals surface area contributed by atoms with Gasteiger partial charge >= 0.3 is 5.97 Å². The molecule has 0 aliphatic rings. The Labute approximate surface area is 99.3 Å². The molecule has 17 heavy (non-hydrogen) atoms. The maximum Gasteiger partial charge on any atom is 0.312 e. The highest BCUT2D eigenvalue weighted by Crippen LogP contribution is 2.22. The topological polar surface area (TPSA) is 46.5 Å². The molecular formula is C14H11O3. The standard InChI is InChI=1S/C14H11O3/c15-14(16)10-11-5-4-8-13(9-11)17-12-6-2-1-3-7-12/h1-10H,(H,15,16). The summed E-state index contributed by atoms with van der Waals surface area (Å²) in [6.45, 7) is 0. The van der Waals surface area contributed by atoms with Crippen molar-refractivity contribution in [3.8, 4) is 11.5 Å². The zero-order valence-electron chi connectivity index (χ0n) is 9.04. The van der Waals surface area contributed by atoms with Gasteiger partial charge in [0.05, 0.1) is 6.42 Å². The average molecular weight is 227 g/mol. The lowest BCUT2D eigenvalue weighted by atomic mass is 10.1. The van der Waals surface area contributed by atoms with Crippen molar-refractivity contribution < 1.29 is 14.6 Å². The number of carboxylic acid groups (broad SMARTS) is 1. The SMILES string of the molecule is O=C(O)[CH]c1cccc(Oc2ccccc2)c1. The zero-order valence-corrected chi connectivity index (χ0v) is 9.04. The van der Waals surface area contributed by atoms with Gasteiger partial charge in [-0.25, -0.2) is 0 Å². The summed E-state index contributed by atoms with van der Waals surface area (Å²) >= 11 is 0. The zero-order chi connectivity index (χ0) is 12.1. The lowest BCUT2D eigenvalue weighted by Gasteiger charge is -2.06. The summed E-state index contributed by atoms with van der Waals surface area (Å²) in [7, 11) is 0. The van der Waals surface area contributed by atoms with Crippen LogP contribution in [0.3, 0.4) is 0 Å². The smallest absolute Gasteiger partial charge is 0.312 e. The second-order valence-corrected chi connectivity index (χ2v) is 3.47. The molecule has 0 spiro atoms. The van der Waals surface area contributed by atoms with Crippen LogP contribution in [0, 0.1) is 6.42 Å². The van der Waals surface area contributed by atoms with E-state index >= 15 is 0 Å². The summed E-state index contributed by atoms with van der Waals surface area (Å²) in [4.78, 5) is 10.5. The first kappa shape index (κ1) is 11.2. The van der Waals surface area contributed by atoms with E-state index < -0.39 is 5.97 Å². The molecule has 0 fully saturated rings. The van der Waals surface area contributed by atoms with Gasteiger partial charge in [0.25, 0.3) is 0 Å². The first-order valence-corrected chi connectivity index (χ1v) is 5.15. The Hall–Kier alpha value is -2.29. The Morgan fingerprint density at radius 1 is 1.00 bits per heavy atom. The molecule has 85 valence electrons. The Morgan fingerprint density at radius 2 is 1.71 bits per heavy atom. The number of rotatable bonds is 4. The van der Waals surface area contributed by atoms with Crippen molar-refractivity contribution in [1.82, 2.24) is 0 Å². The maximum absolute atomic E-state index is 10.5. The molecule has 1 N–H and O–H groups in total. The van der Waals surface area contributed by atoms with Crippen molar-refractivity contribution in [2.45, 2.75) is 0 Å². The molecule has 0 saturated carbocycles. The van der Waals surface area contributed by atoms with Crippen molar-refractivity contribution in [1.29, 1.82) is 0 Å². The fraction of sp³-hybridized carbons (Fsp3) is 0. The summed E-state index contributed by atoms with van der Waals surface area (Å²) in [5.41, 5.74) is 0.603. The van der Waals surface area contributed by atoms with Crippen LogP contribution >= 0.6 is 0 Å². The van der Waals surface area contributed by atoms with E-state index in [9.17, 15) is 4.79 Å². The fourth-order valence-electron chi connectivity index (χ4n) is 1.44. The first-order chi connectivity index (χ1) is 8.24. The molecular weight excluding hydrogens is 216 g/mol. The Bertz CT molecular complexity index is 506. The van der Waals surface area contributed by atoms with Gasteiger partial charge in [-0.3, -0.25) is 4.79 Å². The van der Waals surface area contributed by atoms with Gasteiger partial charge in [0.15, 0.2) is 0 Å². The first-order valence-electron chi connectivity index (χ1n) is 5.15. The van der Waals surface area contributed by atoms with Gasteiger partial charge in [-0.2, -0.15) is 0 Å². The summed E-state index contributed by atoms with van der Waals surface area (Å²) in [5, 5.41) is 8.65. The van der Waals surface area contributed by atoms with E-state index in [4.69, 9.17) is 9.84 Å². The summed E-state index contributed by atoms with van der Waals surface area (Å²) in [6.07, 6.45) is 1.14. The van der Waals surface area contributed by atoms with E-state index in [0.29, 0.717) is 11.3 Å². The van der Waals surface area contributed by atoms with Gasteiger partial charge in [0.2, 0.25) is 0 Å². The number of aliphatic carboxylic acids is 1. The van der Waals surface area contributed by atoms with Gasteiger partial charge in [-0.15, -0.1) is 0 Å². The van der Waals surface area contributed by atoms with Crippen LogP contribution in [-0.2, 0) is 4.79 Å². The van der Waals surface area contributed by atoms with Gasteiger partial charge in [0, 0.05) is 0 Å². The molecule has 3 nitrogen and oxygen atoms in total. The van der Waals surface area contributed by atoms with Crippen molar-refractivity contribution in [2.75, 3.05) is 0 Å². The molecule has 0 atom stereocenters. The maximum atomic E-state index is 10.5. The predicted molar refractivity (Wildman–Crippen MR) is 64.0 cm³/mol. The van der Waals surface area contributed by atoms with Crippen molar-refractivity contribution in [2.24, 2.45) is 0 Å². The van der Waals surface area contributed by atoms with E-state index in [-0.39, 0.29) is 0 Å². The number of para-hydroxylation sites is 1. The van der Waals surface area contributed by atoms with E-state index in [0.717, 1.165) is 12.2 Å². The molecule has 0 aliphatic heterocycles. The minimum absolute atomic E-state index is 0.603. The molecule has 0 heterocycles. The van der Waals surface area contributed by atoms with Crippen LogP contribution in [0.15, 0.2) is 54.6 Å². The number of carbonyl (C=O) groups is 1. The summed E-state index contributed by atoms with van der Waals surface area (Å²) in [5.74, 6) is 0.369. The van der Waals surface area contributed by atoms with Crippen LogP contribution < -0.4 is 4.74 Å². The number of hydrogen-bond acceptors (Lipinski definition) is 2. The monoisotopic (exact) mass is 227 g/mol. The number of ether oxygens (including phenoxy) is 1. The lowest BCUT2D eigenvalue weighted by Crippen LogP contribution is -1.96. The van der Waals surface area contributed by atoms with Crippen molar-refractivity contribution in [3.05, 3.63) is 66.6 Å². The van der Waals surface area contributed by atoms with Crippen LogP contribution in [-0.4, -0.2) is 11.1 Å². The molecule has 0 amide bonds. The highest BCUT2D eigenvalue weighted by atomic mass is 16.5. The molecule has 3 heteroatoms. The minimum atomic E-state index is -0.970. The number of hydrogen-bond donors (Lipinski definition) is 1. The molecule has 1 radical (unpaired) electrons. The largest absolute Gasteiger partial charge is 0.481 e. The molecule has 0 aromatic heterocycles. The second kappa shape index (κ2) is 5.16. The number of benzene rings is 2. The van der Waals surface area contributed by atoms with Crippen LogP contribution in [0.1, 0.15) is 5.56 Å². The Balaban J connectivity index is 2.14. The highest BCUT2D eigenvalue weighted by molar-refractivity contribution is 5.81. The van der Waals surface area contributed by atoms with Gasteiger partial charge in [-0.05, 0) is 29.8 Å². The fourth-order valence-corrected chi connectivity index (χ4v) is 1.44. The molecule has 0 bridgehead atoms. The van der Waals surface area contributed by atoms with E-state index in [1.54, 1.807) is 24.3 Å². The molecule has 0 aliphatic carbocycles. The normalized spacial score (nSPS) is 9.88. The average Bonchev–Trinajstić information content (AvgIpc) is 2.30. The molecule has 0 unspecified atom stereocenters. The van der Waals surface area contributed by atoms with E-state index in [1.165, 1.54) is 0 Å². The summed E-state index contributed by atoms with van der Waals surface area (Å²) < 4.78 is 5.59. The third-order valence-corrected chi connectivity index (χ3v) is 2.13. The third-order valence-electron chi connectivity index (χ3n) is 2.13. The molecule has 0 saturated heterocycles. The van der Waals surface area contributed by atoms with Crippen LogP contribution in [0.5, 0.6) is 11.5 Å². The Morgan fingerprint density at radius 3 is 2.41 bits per heavy atom. The van der Waals surface area contributed by atoms with E-state index in [2.05, 4.69) is 0 Å². The van der Waals surface area contributed by atoms with Crippen LogP contribution in [0.4, 0.5) is 0 Å². The minimum Gasteiger partial charge on any atom is -0.481 e. The van der Waals surface area contributed by atoms with E-state index in [1.807, 2.05) is 30.3 Å². The third kappa shape index (κ3) is 3.34. The molecule has 2 aromatic rings. The quantitative estimate of drug-likeness (QED) is 0.872.